The van der Waals surface area contributed by atoms with Gasteiger partial charge in [0.25, 0.3) is 5.56 Å². The van der Waals surface area contributed by atoms with Crippen molar-refractivity contribution in [2.75, 3.05) is 26.2 Å². The maximum atomic E-state index is 12.9. The molecule has 3 aromatic rings. The molecule has 5 rings (SSSR count). The zero-order valence-electron chi connectivity index (χ0n) is 20.0. The van der Waals surface area contributed by atoms with Gasteiger partial charge in [-0.3, -0.25) is 14.4 Å². The van der Waals surface area contributed by atoms with Crippen molar-refractivity contribution >= 4 is 22.8 Å². The summed E-state index contributed by atoms with van der Waals surface area (Å²) >= 11 is 0. The van der Waals surface area contributed by atoms with Crippen molar-refractivity contribution in [1.29, 1.82) is 0 Å². The quantitative estimate of drug-likeness (QED) is 0.610. The van der Waals surface area contributed by atoms with E-state index >= 15 is 0 Å². The number of amides is 2. The first kappa shape index (κ1) is 23.3. The second-order valence-electron chi connectivity index (χ2n) is 9.54. The number of nitrogens with zero attached hydrogens (tertiary/aromatic N) is 5. The van der Waals surface area contributed by atoms with Crippen LogP contribution in [-0.4, -0.2) is 67.5 Å². The fourth-order valence-electron chi connectivity index (χ4n) is 5.15. The van der Waals surface area contributed by atoms with Gasteiger partial charge in [0.1, 0.15) is 11.2 Å². The lowest BCUT2D eigenvalue weighted by Gasteiger charge is -2.34. The van der Waals surface area contributed by atoms with Crippen molar-refractivity contribution in [3.63, 3.8) is 0 Å². The number of benzene rings is 1. The third-order valence-corrected chi connectivity index (χ3v) is 7.18. The standard InChI is InChI=1S/C26H32N6O3/c33-23(30-16-12-19(13-17-30)26(35)31-14-6-1-2-7-15-31)11-10-22-28-24-21(25(34)29-22)18-27-32(24)20-8-4-3-5-9-20/h3-5,8-9,18-19H,1-2,6-7,10-17H2,(H,28,29,34). The van der Waals surface area contributed by atoms with Crippen LogP contribution in [0, 0.1) is 5.92 Å². The molecular weight excluding hydrogens is 444 g/mol. The smallest absolute Gasteiger partial charge is 0.262 e. The van der Waals surface area contributed by atoms with Crippen molar-refractivity contribution in [1.82, 2.24) is 29.5 Å². The van der Waals surface area contributed by atoms with Crippen molar-refractivity contribution in [2.24, 2.45) is 5.92 Å². The Kier molecular flexibility index (Phi) is 6.92. The molecule has 0 atom stereocenters. The van der Waals surface area contributed by atoms with Crippen molar-refractivity contribution in [2.45, 2.75) is 51.4 Å². The van der Waals surface area contributed by atoms with Gasteiger partial charge in [-0.05, 0) is 37.8 Å². The lowest BCUT2D eigenvalue weighted by Crippen LogP contribution is -2.44. The highest BCUT2D eigenvalue weighted by molar-refractivity contribution is 5.80. The summed E-state index contributed by atoms with van der Waals surface area (Å²) in [5.41, 5.74) is 1.04. The molecule has 9 heteroatoms. The van der Waals surface area contributed by atoms with Crippen molar-refractivity contribution < 1.29 is 9.59 Å². The second-order valence-corrected chi connectivity index (χ2v) is 9.54. The first-order valence-corrected chi connectivity index (χ1v) is 12.7. The Balaban J connectivity index is 1.19. The molecule has 9 nitrogen and oxygen atoms in total. The van der Waals surface area contributed by atoms with E-state index in [4.69, 9.17) is 0 Å². The molecule has 1 aromatic carbocycles. The molecule has 4 heterocycles. The number of rotatable bonds is 5. The van der Waals surface area contributed by atoms with Gasteiger partial charge in [-0.25, -0.2) is 9.67 Å². The predicted molar refractivity (Wildman–Crippen MR) is 132 cm³/mol. The van der Waals surface area contributed by atoms with Crippen LogP contribution in [0.1, 0.15) is 50.8 Å². The Bertz CT molecular complexity index is 1230. The number of nitrogens with one attached hydrogen (secondary N) is 1. The molecule has 2 aromatic heterocycles. The van der Waals surface area contributed by atoms with Gasteiger partial charge in [-0.15, -0.1) is 0 Å². The van der Waals surface area contributed by atoms with Crippen LogP contribution in [0.5, 0.6) is 0 Å². The van der Waals surface area contributed by atoms with E-state index in [0.29, 0.717) is 36.4 Å². The molecule has 0 saturated carbocycles. The zero-order chi connectivity index (χ0) is 24.2. The lowest BCUT2D eigenvalue weighted by molar-refractivity contribution is -0.140. The molecule has 0 radical (unpaired) electrons. The fourth-order valence-corrected chi connectivity index (χ4v) is 5.15. The molecule has 184 valence electrons. The number of carbonyl (C=O) groups excluding carboxylic acids is 2. The highest BCUT2D eigenvalue weighted by atomic mass is 16.2. The third kappa shape index (κ3) is 5.13. The van der Waals surface area contributed by atoms with Crippen molar-refractivity contribution in [3.8, 4) is 5.69 Å². The van der Waals surface area contributed by atoms with Gasteiger partial charge in [0.15, 0.2) is 5.65 Å². The number of likely N-dealkylation sites (tertiary alicyclic amines) is 2. The van der Waals surface area contributed by atoms with E-state index in [-0.39, 0.29) is 29.7 Å². The average molecular weight is 477 g/mol. The normalized spacial score (nSPS) is 17.5. The number of aryl methyl sites for hydroxylation is 1. The minimum Gasteiger partial charge on any atom is -0.343 e. The number of carbonyl (C=O) groups is 2. The molecule has 2 amide bonds. The summed E-state index contributed by atoms with van der Waals surface area (Å²) in [4.78, 5) is 49.6. The number of fused-ring (bicyclic) bond motifs is 1. The number of para-hydroxylation sites is 1. The van der Waals surface area contributed by atoms with E-state index in [1.165, 1.54) is 19.0 Å². The minimum atomic E-state index is -0.257. The Morgan fingerprint density at radius 3 is 2.37 bits per heavy atom. The molecule has 35 heavy (non-hydrogen) atoms. The Morgan fingerprint density at radius 1 is 0.943 bits per heavy atom. The van der Waals surface area contributed by atoms with Crippen LogP contribution in [0.3, 0.4) is 0 Å². The SMILES string of the molecule is O=C(CCc1nc2c(cnn2-c2ccccc2)c(=O)[nH]1)N1CCC(C(=O)N2CCCCCC2)CC1. The van der Waals surface area contributed by atoms with Crippen LogP contribution in [0.15, 0.2) is 41.3 Å². The summed E-state index contributed by atoms with van der Waals surface area (Å²) in [6, 6.07) is 9.53. The first-order valence-electron chi connectivity index (χ1n) is 12.7. The molecule has 0 spiro atoms. The number of aromatic amines is 1. The molecule has 0 aliphatic carbocycles. The number of hydrogen-bond donors (Lipinski definition) is 1. The Labute approximate surface area is 204 Å². The van der Waals surface area contributed by atoms with Gasteiger partial charge in [0.05, 0.1) is 11.9 Å². The van der Waals surface area contributed by atoms with Gasteiger partial charge in [-0.1, -0.05) is 31.0 Å². The molecular formula is C26H32N6O3. The number of piperidine rings is 1. The summed E-state index contributed by atoms with van der Waals surface area (Å²) in [6.45, 7) is 2.95. The second kappa shape index (κ2) is 10.4. The molecule has 0 bridgehead atoms. The summed E-state index contributed by atoms with van der Waals surface area (Å²) in [5.74, 6) is 0.796. The lowest BCUT2D eigenvalue weighted by atomic mass is 9.95. The summed E-state index contributed by atoms with van der Waals surface area (Å²) in [6.07, 6.45) is 8.16. The van der Waals surface area contributed by atoms with Gasteiger partial charge >= 0.3 is 0 Å². The highest BCUT2D eigenvalue weighted by Crippen LogP contribution is 2.22. The van der Waals surface area contributed by atoms with E-state index in [0.717, 1.165) is 44.5 Å². The molecule has 2 aliphatic rings. The van der Waals surface area contributed by atoms with E-state index in [1.54, 1.807) is 4.68 Å². The minimum absolute atomic E-state index is 0.0239. The summed E-state index contributed by atoms with van der Waals surface area (Å²) < 4.78 is 1.64. The molecule has 2 aliphatic heterocycles. The highest BCUT2D eigenvalue weighted by Gasteiger charge is 2.30. The zero-order valence-corrected chi connectivity index (χ0v) is 20.0. The molecule has 1 N–H and O–H groups in total. The van der Waals surface area contributed by atoms with E-state index < -0.39 is 0 Å². The molecule has 2 fully saturated rings. The predicted octanol–water partition coefficient (Wildman–Crippen LogP) is 2.68. The van der Waals surface area contributed by atoms with Crippen LogP contribution in [0.2, 0.25) is 0 Å². The van der Waals surface area contributed by atoms with Crippen molar-refractivity contribution in [3.05, 3.63) is 52.7 Å². The average Bonchev–Trinajstić information content (AvgIpc) is 3.13. The third-order valence-electron chi connectivity index (χ3n) is 7.18. The van der Waals surface area contributed by atoms with Crippen LogP contribution >= 0.6 is 0 Å². The first-order chi connectivity index (χ1) is 17.1. The fraction of sp³-hybridized carbons (Fsp3) is 0.500. The van der Waals surface area contributed by atoms with Gasteiger partial charge < -0.3 is 14.8 Å². The van der Waals surface area contributed by atoms with Crippen LogP contribution in [0.25, 0.3) is 16.7 Å². The maximum absolute atomic E-state index is 12.9. The molecule has 0 unspecified atom stereocenters. The molecule has 2 saturated heterocycles. The van der Waals surface area contributed by atoms with Crippen LogP contribution in [0.4, 0.5) is 0 Å². The van der Waals surface area contributed by atoms with Crippen LogP contribution in [-0.2, 0) is 16.0 Å². The Hall–Kier alpha value is -3.49. The van der Waals surface area contributed by atoms with Gasteiger partial charge in [0.2, 0.25) is 11.8 Å². The maximum Gasteiger partial charge on any atom is 0.262 e. The Morgan fingerprint density at radius 2 is 1.66 bits per heavy atom. The monoisotopic (exact) mass is 476 g/mol. The number of hydrogen-bond acceptors (Lipinski definition) is 5. The number of aromatic nitrogens is 4. The topological polar surface area (TPSA) is 104 Å². The van der Waals surface area contributed by atoms with E-state index in [9.17, 15) is 14.4 Å². The number of H-pyrrole nitrogens is 1. The van der Waals surface area contributed by atoms with E-state index in [2.05, 4.69) is 15.1 Å². The largest absolute Gasteiger partial charge is 0.343 e. The van der Waals surface area contributed by atoms with Gasteiger partial charge in [0, 0.05) is 44.9 Å². The van der Waals surface area contributed by atoms with Gasteiger partial charge in [-0.2, -0.15) is 5.10 Å². The van der Waals surface area contributed by atoms with E-state index in [1.807, 2.05) is 40.1 Å². The summed E-state index contributed by atoms with van der Waals surface area (Å²) in [7, 11) is 0. The summed E-state index contributed by atoms with van der Waals surface area (Å²) in [5, 5.41) is 4.74. The van der Waals surface area contributed by atoms with Crippen LogP contribution < -0.4 is 5.56 Å².